The molecular weight excluding hydrogens is 242 g/mol. The van der Waals surface area contributed by atoms with E-state index in [1.165, 1.54) is 6.33 Å². The number of aromatic nitrogens is 2. The number of ether oxygens (including phenoxy) is 1. The lowest BCUT2D eigenvalue weighted by atomic mass is 10.1. The molecule has 1 aromatic carbocycles. The average molecular weight is 259 g/mol. The van der Waals surface area contributed by atoms with Gasteiger partial charge in [0.2, 0.25) is 5.88 Å². The number of aliphatic hydroxyl groups is 1. The van der Waals surface area contributed by atoms with Crippen LogP contribution < -0.4 is 10.1 Å². The van der Waals surface area contributed by atoms with E-state index < -0.39 is 0 Å². The number of nitrogens with zero attached hydrogens (tertiary/aromatic N) is 2. The van der Waals surface area contributed by atoms with Gasteiger partial charge in [-0.1, -0.05) is 18.2 Å². The normalized spacial score (nSPS) is 10.2. The number of para-hydroxylation sites is 1. The van der Waals surface area contributed by atoms with E-state index in [1.54, 1.807) is 6.07 Å². The molecule has 2 aromatic rings. The topological polar surface area (TPSA) is 67.3 Å². The fraction of sp³-hybridized carbons (Fsp3) is 0.286. The van der Waals surface area contributed by atoms with Crippen LogP contribution in [0.15, 0.2) is 36.7 Å². The van der Waals surface area contributed by atoms with Crippen LogP contribution in [-0.4, -0.2) is 28.2 Å². The highest BCUT2D eigenvalue weighted by atomic mass is 16.5. The molecule has 2 rings (SSSR count). The summed E-state index contributed by atoms with van der Waals surface area (Å²) in [5.74, 6) is 1.92. The SMILES string of the molecule is CCNc1cc(Oc2ccccc2CCO)ncn1. The minimum Gasteiger partial charge on any atom is -0.439 e. The Morgan fingerprint density at radius 2 is 2.11 bits per heavy atom. The van der Waals surface area contributed by atoms with Crippen LogP contribution in [0.25, 0.3) is 0 Å². The maximum atomic E-state index is 9.03. The molecule has 0 aliphatic carbocycles. The Balaban J connectivity index is 2.18. The zero-order chi connectivity index (χ0) is 13.5. The van der Waals surface area contributed by atoms with Gasteiger partial charge in [-0.3, -0.25) is 0 Å². The molecule has 5 nitrogen and oxygen atoms in total. The van der Waals surface area contributed by atoms with Gasteiger partial charge in [0.15, 0.2) is 0 Å². The van der Waals surface area contributed by atoms with E-state index in [0.29, 0.717) is 18.1 Å². The molecule has 0 spiro atoms. The summed E-state index contributed by atoms with van der Waals surface area (Å²) >= 11 is 0. The van der Waals surface area contributed by atoms with Crippen molar-refractivity contribution in [1.82, 2.24) is 9.97 Å². The van der Waals surface area contributed by atoms with Crippen LogP contribution in [0.2, 0.25) is 0 Å². The third-order valence-electron chi connectivity index (χ3n) is 2.57. The van der Waals surface area contributed by atoms with E-state index in [9.17, 15) is 0 Å². The van der Waals surface area contributed by atoms with Crippen molar-refractivity contribution >= 4 is 5.82 Å². The smallest absolute Gasteiger partial charge is 0.224 e. The largest absolute Gasteiger partial charge is 0.439 e. The second-order valence-electron chi connectivity index (χ2n) is 3.96. The fourth-order valence-corrected chi connectivity index (χ4v) is 1.72. The number of hydrogen-bond donors (Lipinski definition) is 2. The molecule has 5 heteroatoms. The van der Waals surface area contributed by atoms with Gasteiger partial charge < -0.3 is 15.2 Å². The van der Waals surface area contributed by atoms with Gasteiger partial charge in [0.25, 0.3) is 0 Å². The Kier molecular flexibility index (Phi) is 4.69. The number of aliphatic hydroxyl groups excluding tert-OH is 1. The maximum Gasteiger partial charge on any atom is 0.224 e. The molecule has 2 N–H and O–H groups in total. The Hall–Kier alpha value is -2.14. The monoisotopic (exact) mass is 259 g/mol. The molecule has 0 atom stereocenters. The lowest BCUT2D eigenvalue weighted by Crippen LogP contribution is -2.01. The fourth-order valence-electron chi connectivity index (χ4n) is 1.72. The van der Waals surface area contributed by atoms with Gasteiger partial charge in [-0.15, -0.1) is 0 Å². The predicted octanol–water partition coefficient (Wildman–Crippen LogP) is 2.24. The molecule has 0 saturated heterocycles. The molecular formula is C14H17N3O2. The molecule has 0 fully saturated rings. The molecule has 19 heavy (non-hydrogen) atoms. The number of nitrogens with one attached hydrogen (secondary N) is 1. The maximum absolute atomic E-state index is 9.03. The Bertz CT molecular complexity index is 532. The molecule has 0 amide bonds. The first-order chi connectivity index (χ1) is 9.33. The van der Waals surface area contributed by atoms with Crippen LogP contribution in [0, 0.1) is 0 Å². The molecule has 0 bridgehead atoms. The Morgan fingerprint density at radius 1 is 1.26 bits per heavy atom. The van der Waals surface area contributed by atoms with Crippen LogP contribution in [0.3, 0.4) is 0 Å². The first-order valence-electron chi connectivity index (χ1n) is 6.26. The summed E-state index contributed by atoms with van der Waals surface area (Å²) in [6.07, 6.45) is 2.02. The van der Waals surface area contributed by atoms with Gasteiger partial charge in [-0.2, -0.15) is 0 Å². The third-order valence-corrected chi connectivity index (χ3v) is 2.57. The van der Waals surface area contributed by atoms with Gasteiger partial charge in [-0.25, -0.2) is 9.97 Å². The van der Waals surface area contributed by atoms with Gasteiger partial charge in [0, 0.05) is 19.2 Å². The van der Waals surface area contributed by atoms with E-state index in [4.69, 9.17) is 9.84 Å². The molecule has 1 aromatic heterocycles. The van der Waals surface area contributed by atoms with Crippen LogP contribution >= 0.6 is 0 Å². The highest BCUT2D eigenvalue weighted by molar-refractivity contribution is 5.40. The molecule has 0 aliphatic heterocycles. The summed E-state index contributed by atoms with van der Waals surface area (Å²) in [6.45, 7) is 2.88. The first kappa shape index (κ1) is 13.3. The van der Waals surface area contributed by atoms with Crippen molar-refractivity contribution in [3.63, 3.8) is 0 Å². The van der Waals surface area contributed by atoms with Crippen molar-refractivity contribution in [2.24, 2.45) is 0 Å². The van der Waals surface area contributed by atoms with E-state index in [0.717, 1.165) is 17.9 Å². The zero-order valence-electron chi connectivity index (χ0n) is 10.8. The second-order valence-corrected chi connectivity index (χ2v) is 3.96. The molecule has 0 aliphatic rings. The number of benzene rings is 1. The van der Waals surface area contributed by atoms with Crippen molar-refractivity contribution in [3.8, 4) is 11.6 Å². The zero-order valence-corrected chi connectivity index (χ0v) is 10.8. The van der Waals surface area contributed by atoms with Crippen LogP contribution in [0.5, 0.6) is 11.6 Å². The quantitative estimate of drug-likeness (QED) is 0.832. The number of anilines is 1. The van der Waals surface area contributed by atoms with E-state index >= 15 is 0 Å². The molecule has 1 heterocycles. The van der Waals surface area contributed by atoms with Crippen molar-refractivity contribution in [1.29, 1.82) is 0 Å². The van der Waals surface area contributed by atoms with Crippen LogP contribution in [0.4, 0.5) is 5.82 Å². The Morgan fingerprint density at radius 3 is 2.89 bits per heavy atom. The summed E-state index contributed by atoms with van der Waals surface area (Å²) in [5, 5.41) is 12.1. The molecule has 0 unspecified atom stereocenters. The van der Waals surface area contributed by atoms with E-state index in [2.05, 4.69) is 15.3 Å². The van der Waals surface area contributed by atoms with Crippen LogP contribution in [0.1, 0.15) is 12.5 Å². The average Bonchev–Trinajstić information content (AvgIpc) is 2.42. The minimum absolute atomic E-state index is 0.0901. The summed E-state index contributed by atoms with van der Waals surface area (Å²) in [5.41, 5.74) is 0.952. The highest BCUT2D eigenvalue weighted by Crippen LogP contribution is 2.24. The summed E-state index contributed by atoms with van der Waals surface area (Å²) in [4.78, 5) is 8.17. The van der Waals surface area contributed by atoms with E-state index in [1.807, 2.05) is 31.2 Å². The molecule has 0 saturated carbocycles. The Labute approximate surface area is 112 Å². The minimum atomic E-state index is 0.0901. The predicted molar refractivity (Wildman–Crippen MR) is 73.5 cm³/mol. The van der Waals surface area contributed by atoms with Crippen molar-refractivity contribution in [2.45, 2.75) is 13.3 Å². The van der Waals surface area contributed by atoms with Gasteiger partial charge in [0.05, 0.1) is 0 Å². The standard InChI is InChI=1S/C14H17N3O2/c1-2-15-13-9-14(17-10-16-13)19-12-6-4-3-5-11(12)7-8-18/h3-6,9-10,18H,2,7-8H2,1H3,(H,15,16,17). The lowest BCUT2D eigenvalue weighted by Gasteiger charge is -2.10. The molecule has 100 valence electrons. The van der Waals surface area contributed by atoms with Gasteiger partial charge in [0.1, 0.15) is 17.9 Å². The summed E-state index contributed by atoms with van der Waals surface area (Å²) < 4.78 is 5.75. The van der Waals surface area contributed by atoms with Gasteiger partial charge >= 0.3 is 0 Å². The van der Waals surface area contributed by atoms with Gasteiger partial charge in [-0.05, 0) is 25.0 Å². The summed E-state index contributed by atoms with van der Waals surface area (Å²) in [7, 11) is 0. The molecule has 0 radical (unpaired) electrons. The third kappa shape index (κ3) is 3.66. The first-order valence-corrected chi connectivity index (χ1v) is 6.26. The van der Waals surface area contributed by atoms with E-state index in [-0.39, 0.29) is 6.61 Å². The second kappa shape index (κ2) is 6.70. The van der Waals surface area contributed by atoms with Crippen molar-refractivity contribution < 1.29 is 9.84 Å². The number of hydrogen-bond acceptors (Lipinski definition) is 5. The van der Waals surface area contributed by atoms with Crippen molar-refractivity contribution in [3.05, 3.63) is 42.2 Å². The highest BCUT2D eigenvalue weighted by Gasteiger charge is 2.05. The summed E-state index contributed by atoms with van der Waals surface area (Å²) in [6, 6.07) is 9.35. The number of rotatable bonds is 6. The lowest BCUT2D eigenvalue weighted by molar-refractivity contribution is 0.297. The van der Waals surface area contributed by atoms with Crippen LogP contribution in [-0.2, 0) is 6.42 Å². The van der Waals surface area contributed by atoms with Crippen molar-refractivity contribution in [2.75, 3.05) is 18.5 Å².